The minimum atomic E-state index is -4.81. The number of carbonyl (C=O) groups excluding carboxylic acids is 1. The van der Waals surface area contributed by atoms with Gasteiger partial charge >= 0.3 is 6.18 Å². The van der Waals surface area contributed by atoms with E-state index in [0.717, 1.165) is 11.9 Å². The lowest BCUT2D eigenvalue weighted by Crippen LogP contribution is -2.54. The summed E-state index contributed by atoms with van der Waals surface area (Å²) in [6.45, 7) is 3.66. The number of nitrogens with one attached hydrogen (secondary N) is 1. The van der Waals surface area contributed by atoms with Gasteiger partial charge in [-0.3, -0.25) is 9.69 Å². The van der Waals surface area contributed by atoms with Crippen molar-refractivity contribution in [1.82, 2.24) is 9.88 Å². The zero-order valence-corrected chi connectivity index (χ0v) is 17.7. The summed E-state index contributed by atoms with van der Waals surface area (Å²) < 4.78 is 39.3. The predicted octanol–water partition coefficient (Wildman–Crippen LogP) is 2.36. The van der Waals surface area contributed by atoms with E-state index >= 15 is 0 Å². The second-order valence-corrected chi connectivity index (χ2v) is 7.88. The number of alkyl halides is 3. The van der Waals surface area contributed by atoms with Crippen LogP contribution in [0.25, 0.3) is 0 Å². The first-order valence-electron chi connectivity index (χ1n) is 10.0. The molecule has 1 saturated heterocycles. The Balaban J connectivity index is 1.60. The lowest BCUT2D eigenvalue weighted by molar-refractivity contribution is -0.138. The largest absolute Gasteiger partial charge is 0.419 e. The van der Waals surface area contributed by atoms with E-state index in [1.165, 1.54) is 13.0 Å². The van der Waals surface area contributed by atoms with E-state index in [1.807, 2.05) is 17.0 Å². The van der Waals surface area contributed by atoms with Crippen LogP contribution in [0.15, 0.2) is 36.5 Å². The Kier molecular flexibility index (Phi) is 6.86. The number of pyridine rings is 1. The van der Waals surface area contributed by atoms with Gasteiger partial charge in [-0.15, -0.1) is 0 Å². The van der Waals surface area contributed by atoms with Gasteiger partial charge in [0.25, 0.3) is 5.91 Å². The Labute approximate surface area is 188 Å². The first-order chi connectivity index (χ1) is 15.5. The van der Waals surface area contributed by atoms with Crippen LogP contribution in [-0.2, 0) is 11.0 Å². The van der Waals surface area contributed by atoms with Gasteiger partial charge in [-0.25, -0.2) is 4.98 Å². The second-order valence-electron chi connectivity index (χ2n) is 7.88. The number of aromatic nitrogens is 1. The van der Waals surface area contributed by atoms with Crippen molar-refractivity contribution in [2.75, 3.05) is 42.9 Å². The third kappa shape index (κ3) is 5.77. The van der Waals surface area contributed by atoms with Crippen molar-refractivity contribution in [1.29, 1.82) is 10.5 Å². The van der Waals surface area contributed by atoms with Crippen molar-refractivity contribution in [3.63, 3.8) is 0 Å². The molecule has 1 atom stereocenters. The molecule has 33 heavy (non-hydrogen) atoms. The molecular formula is C22H21F3N6O2. The summed E-state index contributed by atoms with van der Waals surface area (Å²) in [5, 5.41) is 30.6. The lowest BCUT2D eigenvalue weighted by atomic mass is 10.0. The quantitative estimate of drug-likeness (QED) is 0.707. The summed E-state index contributed by atoms with van der Waals surface area (Å²) in [5.41, 5.74) is -2.67. The number of halogens is 3. The average molecular weight is 458 g/mol. The molecule has 1 fully saturated rings. The van der Waals surface area contributed by atoms with Crippen LogP contribution in [-0.4, -0.2) is 59.2 Å². The van der Waals surface area contributed by atoms with Gasteiger partial charge in [-0.1, -0.05) is 0 Å². The Morgan fingerprint density at radius 3 is 2.33 bits per heavy atom. The minimum Gasteiger partial charge on any atom is -0.379 e. The van der Waals surface area contributed by atoms with Crippen molar-refractivity contribution in [2.45, 2.75) is 18.7 Å². The number of aliphatic hydroxyl groups is 1. The summed E-state index contributed by atoms with van der Waals surface area (Å²) in [4.78, 5) is 20.0. The lowest BCUT2D eigenvalue weighted by Gasteiger charge is -2.38. The molecule has 0 saturated carbocycles. The maximum absolute atomic E-state index is 13.1. The number of nitrogens with zero attached hydrogens (tertiary/aromatic N) is 5. The van der Waals surface area contributed by atoms with Crippen molar-refractivity contribution >= 4 is 17.3 Å². The maximum Gasteiger partial charge on any atom is 0.419 e. The SMILES string of the molecule is C[C@](O)(CN1CCN(c2ccc(C#N)cc2)CC1)C(=O)Nc1cnc(C#N)c(C(F)(F)F)c1. The molecule has 1 aromatic carbocycles. The van der Waals surface area contributed by atoms with Crippen LogP contribution in [0.5, 0.6) is 0 Å². The van der Waals surface area contributed by atoms with Gasteiger partial charge in [0.2, 0.25) is 0 Å². The van der Waals surface area contributed by atoms with Crippen LogP contribution in [0.3, 0.4) is 0 Å². The molecule has 8 nitrogen and oxygen atoms in total. The van der Waals surface area contributed by atoms with E-state index < -0.39 is 28.9 Å². The van der Waals surface area contributed by atoms with Crippen molar-refractivity contribution in [2.24, 2.45) is 0 Å². The van der Waals surface area contributed by atoms with Crippen molar-refractivity contribution in [3.8, 4) is 12.1 Å². The van der Waals surface area contributed by atoms with E-state index in [9.17, 15) is 23.1 Å². The Morgan fingerprint density at radius 1 is 1.15 bits per heavy atom. The van der Waals surface area contributed by atoms with Crippen LogP contribution in [0.2, 0.25) is 0 Å². The highest BCUT2D eigenvalue weighted by atomic mass is 19.4. The highest BCUT2D eigenvalue weighted by molar-refractivity contribution is 5.97. The molecular weight excluding hydrogens is 437 g/mol. The Hall–Kier alpha value is -3.67. The number of piperazine rings is 1. The monoisotopic (exact) mass is 458 g/mol. The molecule has 1 aliphatic heterocycles. The Bertz CT molecular complexity index is 1100. The summed E-state index contributed by atoms with van der Waals surface area (Å²) in [5.74, 6) is -0.878. The van der Waals surface area contributed by atoms with Crippen molar-refractivity contribution in [3.05, 3.63) is 53.3 Å². The molecule has 1 amide bonds. The molecule has 0 spiro atoms. The molecule has 2 aromatic rings. The van der Waals surface area contributed by atoms with E-state index in [2.05, 4.69) is 21.3 Å². The van der Waals surface area contributed by atoms with Crippen LogP contribution >= 0.6 is 0 Å². The fourth-order valence-corrected chi connectivity index (χ4v) is 3.52. The van der Waals surface area contributed by atoms with Gasteiger partial charge in [0.05, 0.1) is 29.1 Å². The number of β-amino-alcohol motifs (C(OH)–C–C–N with tert-alkyl or cyclic N) is 1. The first-order valence-corrected chi connectivity index (χ1v) is 10.0. The smallest absolute Gasteiger partial charge is 0.379 e. The molecule has 0 bridgehead atoms. The molecule has 1 aliphatic rings. The second kappa shape index (κ2) is 9.45. The normalized spacial score (nSPS) is 16.4. The number of hydrogen-bond donors (Lipinski definition) is 2. The van der Waals surface area contributed by atoms with Gasteiger partial charge in [0.15, 0.2) is 11.3 Å². The number of benzene rings is 1. The fraction of sp³-hybridized carbons (Fsp3) is 0.364. The molecule has 3 rings (SSSR count). The van der Waals surface area contributed by atoms with Crippen LogP contribution in [0.4, 0.5) is 24.5 Å². The topological polar surface area (TPSA) is 116 Å². The summed E-state index contributed by atoms with van der Waals surface area (Å²) in [7, 11) is 0. The fourth-order valence-electron chi connectivity index (χ4n) is 3.52. The molecule has 172 valence electrons. The van der Waals surface area contributed by atoms with Gasteiger partial charge < -0.3 is 15.3 Å². The van der Waals surface area contributed by atoms with E-state index in [1.54, 1.807) is 12.1 Å². The molecule has 2 N–H and O–H groups in total. The van der Waals surface area contributed by atoms with Gasteiger partial charge in [0.1, 0.15) is 6.07 Å². The summed E-state index contributed by atoms with van der Waals surface area (Å²) in [6, 6.07) is 11.2. The highest BCUT2D eigenvalue weighted by Gasteiger charge is 2.37. The van der Waals surface area contributed by atoms with Crippen LogP contribution < -0.4 is 10.2 Å². The zero-order chi connectivity index (χ0) is 24.2. The van der Waals surface area contributed by atoms with Gasteiger partial charge in [-0.2, -0.15) is 23.7 Å². The number of nitriles is 2. The van der Waals surface area contributed by atoms with Crippen LogP contribution in [0.1, 0.15) is 23.7 Å². The predicted molar refractivity (Wildman–Crippen MR) is 113 cm³/mol. The number of anilines is 2. The number of hydrogen-bond acceptors (Lipinski definition) is 7. The van der Waals surface area contributed by atoms with E-state index in [-0.39, 0.29) is 12.2 Å². The van der Waals surface area contributed by atoms with Crippen LogP contribution in [0, 0.1) is 22.7 Å². The number of rotatable bonds is 5. The molecule has 1 aromatic heterocycles. The minimum absolute atomic E-state index is 0.0180. The summed E-state index contributed by atoms with van der Waals surface area (Å²) >= 11 is 0. The standard InChI is InChI=1S/C22H21F3N6O2/c1-21(33,20(32)29-16-10-18(22(23,24)25)19(12-27)28-13-16)14-30-6-8-31(9-7-30)17-4-2-15(11-26)3-5-17/h2-5,10,13,33H,6-9,14H2,1H3,(H,29,32)/t21-/m0/s1. The molecule has 0 unspecified atom stereocenters. The van der Waals surface area contributed by atoms with E-state index in [0.29, 0.717) is 37.8 Å². The van der Waals surface area contributed by atoms with Gasteiger partial charge in [0, 0.05) is 38.4 Å². The molecule has 2 heterocycles. The zero-order valence-electron chi connectivity index (χ0n) is 17.7. The molecule has 0 aliphatic carbocycles. The molecule has 0 radical (unpaired) electrons. The average Bonchev–Trinajstić information content (AvgIpc) is 2.79. The van der Waals surface area contributed by atoms with Crippen molar-refractivity contribution < 1.29 is 23.1 Å². The van der Waals surface area contributed by atoms with Gasteiger partial charge in [-0.05, 0) is 37.3 Å². The first kappa shape index (κ1) is 24.0. The highest BCUT2D eigenvalue weighted by Crippen LogP contribution is 2.32. The van der Waals surface area contributed by atoms with E-state index in [4.69, 9.17) is 10.5 Å². The molecule has 11 heteroatoms. The summed E-state index contributed by atoms with van der Waals surface area (Å²) in [6.07, 6.45) is -3.87. The number of carbonyl (C=O) groups is 1. The third-order valence-electron chi connectivity index (χ3n) is 5.31. The maximum atomic E-state index is 13.1. The number of amides is 1. The third-order valence-corrected chi connectivity index (χ3v) is 5.31. The Morgan fingerprint density at radius 2 is 1.79 bits per heavy atom.